The topological polar surface area (TPSA) is 35.5 Å². The minimum absolute atomic E-state index is 0.0659. The number of hydrogen-bond acceptors (Lipinski definition) is 3. The zero-order chi connectivity index (χ0) is 11.3. The number of aryl methyl sites for hydroxylation is 1. The van der Waals surface area contributed by atoms with E-state index in [9.17, 15) is 4.79 Å². The van der Waals surface area contributed by atoms with Gasteiger partial charge in [-0.2, -0.15) is 0 Å². The fourth-order valence-corrected chi connectivity index (χ4v) is 1.41. The highest BCUT2D eigenvalue weighted by molar-refractivity contribution is 5.85. The quantitative estimate of drug-likeness (QED) is 0.741. The van der Waals surface area contributed by atoms with E-state index in [0.29, 0.717) is 0 Å². The number of rotatable bonds is 5. The second-order valence-electron chi connectivity index (χ2n) is 3.43. The van der Waals surface area contributed by atoms with Gasteiger partial charge in [0.2, 0.25) is 0 Å². The second kappa shape index (κ2) is 5.63. The molecule has 0 fully saturated rings. The molecule has 3 nitrogen and oxygen atoms in total. The molecule has 0 radical (unpaired) electrons. The fourth-order valence-electron chi connectivity index (χ4n) is 1.41. The van der Waals surface area contributed by atoms with E-state index in [1.807, 2.05) is 31.2 Å². The van der Waals surface area contributed by atoms with E-state index in [1.54, 1.807) is 0 Å². The van der Waals surface area contributed by atoms with Crippen LogP contribution in [0.2, 0.25) is 0 Å². The van der Waals surface area contributed by atoms with Crippen LogP contribution in [-0.4, -0.2) is 26.6 Å². The number of ether oxygens (including phenoxy) is 2. The Morgan fingerprint density at radius 2 is 1.87 bits per heavy atom. The molecule has 0 bridgehead atoms. The fraction of sp³-hybridized carbons (Fsp3) is 0.417. The van der Waals surface area contributed by atoms with Gasteiger partial charge in [-0.25, -0.2) is 0 Å². The Kier molecular flexibility index (Phi) is 4.46. The lowest BCUT2D eigenvalue weighted by Gasteiger charge is -2.14. The lowest BCUT2D eigenvalue weighted by atomic mass is 10.0. The number of Topliss-reactive ketones (excluding diaryl/α,β-unsaturated/α-hetero) is 1. The molecule has 3 heteroatoms. The zero-order valence-electron chi connectivity index (χ0n) is 9.32. The van der Waals surface area contributed by atoms with Crippen LogP contribution in [-0.2, 0) is 14.3 Å². The monoisotopic (exact) mass is 208 g/mol. The molecule has 0 aliphatic carbocycles. The molecule has 1 aromatic rings. The van der Waals surface area contributed by atoms with Crippen molar-refractivity contribution >= 4 is 5.78 Å². The van der Waals surface area contributed by atoms with E-state index in [1.165, 1.54) is 14.2 Å². The summed E-state index contributed by atoms with van der Waals surface area (Å²) < 4.78 is 9.96. The van der Waals surface area contributed by atoms with E-state index < -0.39 is 6.10 Å². The van der Waals surface area contributed by atoms with Crippen molar-refractivity contribution in [3.63, 3.8) is 0 Å². The van der Waals surface area contributed by atoms with Gasteiger partial charge in [0.25, 0.3) is 0 Å². The maximum atomic E-state index is 11.6. The van der Waals surface area contributed by atoms with Gasteiger partial charge in [0, 0.05) is 14.2 Å². The van der Waals surface area contributed by atoms with Crippen molar-refractivity contribution in [3.05, 3.63) is 35.4 Å². The third kappa shape index (κ3) is 3.15. The first kappa shape index (κ1) is 11.9. The van der Waals surface area contributed by atoms with Crippen molar-refractivity contribution in [1.82, 2.24) is 0 Å². The Hall–Kier alpha value is -1.19. The largest absolute Gasteiger partial charge is 0.377 e. The standard InChI is InChI=1S/C12H16O3/c1-9-4-6-10(7-5-9)12(15-3)11(13)8-14-2/h4-7,12H,8H2,1-3H3. The van der Waals surface area contributed by atoms with Crippen LogP contribution in [0.15, 0.2) is 24.3 Å². The van der Waals surface area contributed by atoms with E-state index >= 15 is 0 Å². The van der Waals surface area contributed by atoms with Crippen LogP contribution in [0.3, 0.4) is 0 Å². The molecule has 0 aliphatic heterocycles. The molecule has 0 heterocycles. The first-order valence-corrected chi connectivity index (χ1v) is 4.80. The maximum Gasteiger partial charge on any atom is 0.191 e. The summed E-state index contributed by atoms with van der Waals surface area (Å²) in [4.78, 5) is 11.6. The molecule has 1 rings (SSSR count). The third-order valence-corrected chi connectivity index (χ3v) is 2.19. The van der Waals surface area contributed by atoms with Crippen molar-refractivity contribution < 1.29 is 14.3 Å². The van der Waals surface area contributed by atoms with Crippen LogP contribution in [0.5, 0.6) is 0 Å². The van der Waals surface area contributed by atoms with E-state index in [2.05, 4.69) is 0 Å². The molecule has 1 atom stereocenters. The Morgan fingerprint density at radius 1 is 1.27 bits per heavy atom. The summed E-state index contributed by atoms with van der Waals surface area (Å²) in [6.07, 6.45) is -0.523. The Bertz CT molecular complexity index is 316. The predicted octanol–water partition coefficient (Wildman–Crippen LogP) is 1.90. The average molecular weight is 208 g/mol. The molecule has 82 valence electrons. The lowest BCUT2D eigenvalue weighted by molar-refractivity contribution is -0.132. The zero-order valence-corrected chi connectivity index (χ0v) is 9.32. The van der Waals surface area contributed by atoms with E-state index in [-0.39, 0.29) is 12.4 Å². The summed E-state index contributed by atoms with van der Waals surface area (Å²) in [5, 5.41) is 0. The van der Waals surface area contributed by atoms with Crippen LogP contribution in [0.25, 0.3) is 0 Å². The van der Waals surface area contributed by atoms with Gasteiger partial charge in [-0.3, -0.25) is 4.79 Å². The van der Waals surface area contributed by atoms with Crippen LogP contribution in [0.1, 0.15) is 17.2 Å². The van der Waals surface area contributed by atoms with Gasteiger partial charge < -0.3 is 9.47 Å². The molecule has 0 amide bonds. The van der Waals surface area contributed by atoms with Gasteiger partial charge in [0.1, 0.15) is 12.7 Å². The first-order chi connectivity index (χ1) is 7.19. The summed E-state index contributed by atoms with van der Waals surface area (Å²) >= 11 is 0. The first-order valence-electron chi connectivity index (χ1n) is 4.80. The van der Waals surface area contributed by atoms with Crippen molar-refractivity contribution in [2.24, 2.45) is 0 Å². The Morgan fingerprint density at radius 3 is 2.33 bits per heavy atom. The van der Waals surface area contributed by atoms with Crippen molar-refractivity contribution in [2.45, 2.75) is 13.0 Å². The van der Waals surface area contributed by atoms with E-state index in [0.717, 1.165) is 11.1 Å². The van der Waals surface area contributed by atoms with Crippen LogP contribution < -0.4 is 0 Å². The number of carbonyl (C=O) groups is 1. The van der Waals surface area contributed by atoms with Gasteiger partial charge in [0.15, 0.2) is 5.78 Å². The van der Waals surface area contributed by atoms with Crippen molar-refractivity contribution in [3.8, 4) is 0 Å². The molecule has 0 aliphatic rings. The molecular formula is C12H16O3. The van der Waals surface area contributed by atoms with Crippen LogP contribution in [0, 0.1) is 6.92 Å². The van der Waals surface area contributed by atoms with Crippen molar-refractivity contribution in [1.29, 1.82) is 0 Å². The Labute approximate surface area is 90.0 Å². The molecule has 1 unspecified atom stereocenters. The van der Waals surface area contributed by atoms with Gasteiger partial charge in [-0.1, -0.05) is 29.8 Å². The number of methoxy groups -OCH3 is 2. The highest BCUT2D eigenvalue weighted by Crippen LogP contribution is 2.18. The van der Waals surface area contributed by atoms with Gasteiger partial charge in [-0.05, 0) is 12.5 Å². The molecule has 0 spiro atoms. The Balaban J connectivity index is 2.82. The number of hydrogen-bond donors (Lipinski definition) is 0. The highest BCUT2D eigenvalue weighted by Gasteiger charge is 2.19. The molecular weight excluding hydrogens is 192 g/mol. The van der Waals surface area contributed by atoms with Crippen molar-refractivity contribution in [2.75, 3.05) is 20.8 Å². The molecule has 15 heavy (non-hydrogen) atoms. The minimum Gasteiger partial charge on any atom is -0.377 e. The van der Waals surface area contributed by atoms with Crippen LogP contribution in [0.4, 0.5) is 0 Å². The summed E-state index contributed by atoms with van der Waals surface area (Å²) in [5.41, 5.74) is 2.03. The minimum atomic E-state index is -0.523. The summed E-state index contributed by atoms with van der Waals surface area (Å²) in [6.45, 7) is 2.08. The predicted molar refractivity (Wildman–Crippen MR) is 57.8 cm³/mol. The van der Waals surface area contributed by atoms with Crippen LogP contribution >= 0.6 is 0 Å². The highest BCUT2D eigenvalue weighted by atomic mass is 16.5. The molecule has 0 saturated heterocycles. The third-order valence-electron chi connectivity index (χ3n) is 2.19. The molecule has 1 aromatic carbocycles. The SMILES string of the molecule is COCC(=O)C(OC)c1ccc(C)cc1. The van der Waals surface area contributed by atoms with E-state index in [4.69, 9.17) is 9.47 Å². The number of ketones is 1. The maximum absolute atomic E-state index is 11.6. The number of carbonyl (C=O) groups excluding carboxylic acids is 1. The summed E-state index contributed by atoms with van der Waals surface area (Å²) in [6, 6.07) is 7.72. The molecule has 0 aromatic heterocycles. The second-order valence-corrected chi connectivity index (χ2v) is 3.43. The normalized spacial score (nSPS) is 12.5. The lowest BCUT2D eigenvalue weighted by Crippen LogP contribution is -2.19. The summed E-state index contributed by atoms with van der Waals surface area (Å²) in [7, 11) is 3.03. The number of benzene rings is 1. The smallest absolute Gasteiger partial charge is 0.191 e. The molecule has 0 N–H and O–H groups in total. The summed E-state index contributed by atoms with van der Waals surface area (Å²) in [5.74, 6) is -0.0659. The van der Waals surface area contributed by atoms with Gasteiger partial charge >= 0.3 is 0 Å². The molecule has 0 saturated carbocycles. The van der Waals surface area contributed by atoms with Gasteiger partial charge in [0.05, 0.1) is 0 Å². The average Bonchev–Trinajstić information content (AvgIpc) is 2.22. The van der Waals surface area contributed by atoms with Gasteiger partial charge in [-0.15, -0.1) is 0 Å².